The Hall–Kier alpha value is -0.0800. The molecule has 51 valence electrons. The summed E-state index contributed by atoms with van der Waals surface area (Å²) in [5, 5.41) is 0. The second kappa shape index (κ2) is 3.55. The summed E-state index contributed by atoms with van der Waals surface area (Å²) in [5.41, 5.74) is 1.12. The van der Waals surface area contributed by atoms with Crippen LogP contribution in [0.15, 0.2) is 32.7 Å². The van der Waals surface area contributed by atoms with Crippen LogP contribution in [0.5, 0.6) is 0 Å². The third-order valence-electron chi connectivity index (χ3n) is 1.19. The molecule has 1 radical (unpaired) electrons. The van der Waals surface area contributed by atoms with Gasteiger partial charge in [-0.2, -0.15) is 0 Å². The van der Waals surface area contributed by atoms with Gasteiger partial charge in [0.25, 0.3) is 0 Å². The zero-order chi connectivity index (χ0) is 6.97. The zero-order valence-corrected chi connectivity index (χ0v) is 8.88. The molecular formula is C6H4NaO3P+. The van der Waals surface area contributed by atoms with E-state index in [0.29, 0.717) is 11.2 Å². The summed E-state index contributed by atoms with van der Waals surface area (Å²) in [4.78, 5) is 0. The van der Waals surface area contributed by atoms with Crippen molar-refractivity contribution >= 4 is 48.6 Å². The van der Waals surface area contributed by atoms with Gasteiger partial charge in [0.05, 0.1) is 0 Å². The molecular weight excluding hydrogens is 174 g/mol. The first-order chi connectivity index (χ1) is 4.86. The van der Waals surface area contributed by atoms with Crippen molar-refractivity contribution in [2.45, 2.75) is 0 Å². The van der Waals surface area contributed by atoms with Gasteiger partial charge in [0.1, 0.15) is 0 Å². The fourth-order valence-corrected chi connectivity index (χ4v) is 1.44. The van der Waals surface area contributed by atoms with E-state index in [1.807, 2.05) is 0 Å². The van der Waals surface area contributed by atoms with Crippen molar-refractivity contribution < 1.29 is 13.0 Å². The van der Waals surface area contributed by atoms with Crippen LogP contribution in [0, 0.1) is 0 Å². The van der Waals surface area contributed by atoms with E-state index in [4.69, 9.17) is 8.39 Å². The van der Waals surface area contributed by atoms with Crippen LogP contribution in [0.25, 0.3) is 11.2 Å². The first-order valence-corrected chi connectivity index (χ1v) is 3.88. The van der Waals surface area contributed by atoms with E-state index in [1.165, 1.54) is 0 Å². The second-order valence-corrected chi connectivity index (χ2v) is 2.67. The maximum Gasteiger partial charge on any atom is 0.805 e. The summed E-state index contributed by atoms with van der Waals surface area (Å²) in [6, 6.07) is 7.04. The summed E-state index contributed by atoms with van der Waals surface area (Å²) in [6.07, 6.45) is 0. The number of fused-ring (bicyclic) bond motifs is 1. The molecule has 2 aromatic rings. The Labute approximate surface area is 85.6 Å². The van der Waals surface area contributed by atoms with Crippen molar-refractivity contribution in [3.63, 3.8) is 0 Å². The minimum Gasteiger partial charge on any atom is -0.218 e. The summed E-state index contributed by atoms with van der Waals surface area (Å²) < 4.78 is 20.2. The fraction of sp³-hybridized carbons (Fsp3) is 0. The minimum absolute atomic E-state index is 0. The Morgan fingerprint density at radius 2 is 1.55 bits per heavy atom. The van der Waals surface area contributed by atoms with Crippen LogP contribution in [0.1, 0.15) is 0 Å². The van der Waals surface area contributed by atoms with Crippen LogP contribution in [0.2, 0.25) is 0 Å². The van der Waals surface area contributed by atoms with E-state index in [1.54, 1.807) is 24.3 Å². The summed E-state index contributed by atoms with van der Waals surface area (Å²) in [5.74, 6) is 0. The first-order valence-electron chi connectivity index (χ1n) is 2.78. The Morgan fingerprint density at radius 1 is 1.09 bits per heavy atom. The van der Waals surface area contributed by atoms with Crippen molar-refractivity contribution in [2.24, 2.45) is 0 Å². The molecule has 0 spiro atoms. The molecule has 2 rings (SSSR count). The Bertz CT molecular complexity index is 369. The van der Waals surface area contributed by atoms with Gasteiger partial charge in [0.2, 0.25) is 11.2 Å². The van der Waals surface area contributed by atoms with Gasteiger partial charge in [-0.05, 0) is 12.1 Å². The molecule has 5 heteroatoms. The molecule has 0 amide bonds. The molecule has 1 heterocycles. The predicted molar refractivity (Wildman–Crippen MR) is 41.8 cm³/mol. The zero-order valence-electron chi connectivity index (χ0n) is 5.98. The average Bonchev–Trinajstić information content (AvgIpc) is 2.27. The van der Waals surface area contributed by atoms with E-state index >= 15 is 0 Å². The largest absolute Gasteiger partial charge is 0.805 e. The maximum absolute atomic E-state index is 10.6. The fourth-order valence-electron chi connectivity index (χ4n) is 0.780. The van der Waals surface area contributed by atoms with Crippen molar-refractivity contribution in [2.75, 3.05) is 0 Å². The molecule has 0 aliphatic rings. The monoisotopic (exact) mass is 178 g/mol. The van der Waals surface area contributed by atoms with Gasteiger partial charge in [-0.15, -0.1) is 0 Å². The van der Waals surface area contributed by atoms with Crippen LogP contribution >= 0.6 is 7.89 Å². The number of para-hydroxylation sites is 2. The third-order valence-corrected chi connectivity index (χ3v) is 1.89. The Kier molecular flexibility index (Phi) is 2.90. The molecule has 0 atom stereocenters. The standard InChI is InChI=1S/C6H4O3P.Na/c7-10-8-5-3-1-2-4-6(5)9-10;/h1-4H;/q+1;. The minimum atomic E-state index is -1.94. The molecule has 11 heavy (non-hydrogen) atoms. The third kappa shape index (κ3) is 1.74. The number of rotatable bonds is 0. The van der Waals surface area contributed by atoms with Crippen molar-refractivity contribution in [3.8, 4) is 0 Å². The molecule has 0 saturated heterocycles. The van der Waals surface area contributed by atoms with Crippen LogP contribution in [0.3, 0.4) is 0 Å². The van der Waals surface area contributed by atoms with Gasteiger partial charge >= 0.3 is 7.89 Å². The molecule has 0 N–H and O–H groups in total. The maximum atomic E-state index is 10.6. The first kappa shape index (κ1) is 9.01. The van der Waals surface area contributed by atoms with Gasteiger partial charge in [-0.25, -0.2) is 8.39 Å². The van der Waals surface area contributed by atoms with E-state index in [9.17, 15) is 4.57 Å². The molecule has 0 unspecified atom stereocenters. The molecule has 1 aromatic heterocycles. The van der Waals surface area contributed by atoms with Crippen molar-refractivity contribution in [1.29, 1.82) is 0 Å². The Morgan fingerprint density at radius 3 is 2.00 bits per heavy atom. The number of hydrogen-bond donors (Lipinski definition) is 0. The normalized spacial score (nSPS) is 9.45. The van der Waals surface area contributed by atoms with Crippen LogP contribution in [-0.2, 0) is 4.57 Å². The molecule has 0 fully saturated rings. The van der Waals surface area contributed by atoms with Gasteiger partial charge in [0.15, 0.2) is 0 Å². The molecule has 0 aliphatic carbocycles. The molecule has 3 nitrogen and oxygen atoms in total. The molecule has 0 saturated carbocycles. The summed E-state index contributed by atoms with van der Waals surface area (Å²) in [6.45, 7) is 0. The Balaban J connectivity index is 0.000000605. The second-order valence-electron chi connectivity index (χ2n) is 1.85. The summed E-state index contributed by atoms with van der Waals surface area (Å²) >= 11 is 0. The number of benzene rings is 1. The molecule has 0 bridgehead atoms. The SMILES string of the molecule is O=[p+]1oc2ccccc2o1.[Na]. The molecule has 1 aromatic carbocycles. The van der Waals surface area contributed by atoms with Gasteiger partial charge in [0, 0.05) is 34.1 Å². The van der Waals surface area contributed by atoms with E-state index in [-0.39, 0.29) is 29.6 Å². The van der Waals surface area contributed by atoms with Crippen LogP contribution in [-0.4, -0.2) is 29.6 Å². The smallest absolute Gasteiger partial charge is 0.218 e. The average molecular weight is 178 g/mol. The van der Waals surface area contributed by atoms with Gasteiger partial charge < -0.3 is 0 Å². The van der Waals surface area contributed by atoms with Crippen LogP contribution in [0.4, 0.5) is 0 Å². The number of hydrogen-bond acceptors (Lipinski definition) is 3. The quantitative estimate of drug-likeness (QED) is 0.581. The van der Waals surface area contributed by atoms with Crippen molar-refractivity contribution in [3.05, 3.63) is 24.3 Å². The van der Waals surface area contributed by atoms with Gasteiger partial charge in [-0.1, -0.05) is 12.1 Å². The van der Waals surface area contributed by atoms with E-state index in [2.05, 4.69) is 0 Å². The van der Waals surface area contributed by atoms with E-state index in [0.717, 1.165) is 0 Å². The van der Waals surface area contributed by atoms with Crippen molar-refractivity contribution in [1.82, 2.24) is 0 Å². The van der Waals surface area contributed by atoms with Gasteiger partial charge in [-0.3, -0.25) is 0 Å². The van der Waals surface area contributed by atoms with Crippen LogP contribution < -0.4 is 0 Å². The van der Waals surface area contributed by atoms with E-state index < -0.39 is 7.89 Å². The molecule has 0 aliphatic heterocycles. The predicted octanol–water partition coefficient (Wildman–Crippen LogP) is 2.39. The summed E-state index contributed by atoms with van der Waals surface area (Å²) in [7, 11) is -1.94. The topological polar surface area (TPSA) is 43.4 Å².